The Morgan fingerprint density at radius 1 is 1.12 bits per heavy atom. The molecule has 1 aliphatic heterocycles. The Bertz CT molecular complexity index is 461. The van der Waals surface area contributed by atoms with Crippen LogP contribution in [0, 0.1) is 0 Å². The number of imidazole rings is 1. The van der Waals surface area contributed by atoms with E-state index in [4.69, 9.17) is 0 Å². The van der Waals surface area contributed by atoms with E-state index in [-0.39, 0.29) is 0 Å². The number of aromatic nitrogens is 2. The van der Waals surface area contributed by atoms with Crippen LogP contribution in [0.5, 0.6) is 0 Å². The molecule has 0 atom stereocenters. The van der Waals surface area contributed by atoms with E-state index in [0.29, 0.717) is 0 Å². The number of hydrogen-bond acceptors (Lipinski definition) is 2. The van der Waals surface area contributed by atoms with E-state index < -0.39 is 0 Å². The molecule has 2 heterocycles. The first kappa shape index (κ1) is 9.60. The van der Waals surface area contributed by atoms with Gasteiger partial charge in [0.25, 0.3) is 0 Å². The van der Waals surface area contributed by atoms with Crippen LogP contribution in [0.4, 0.5) is 0 Å². The minimum atomic E-state index is 1.01. The number of fused-ring (bicyclic) bond motifs is 1. The molecule has 0 saturated heterocycles. The van der Waals surface area contributed by atoms with Gasteiger partial charge in [-0.1, -0.05) is 30.3 Å². The number of rotatable bonds is 2. The van der Waals surface area contributed by atoms with Crippen LogP contribution >= 0.6 is 0 Å². The Morgan fingerprint density at radius 3 is 2.88 bits per heavy atom. The standard InChI is InChI=1S/C13H15N3/c1-2-4-12(5-3-1)9-15-6-7-16-11-14-8-13(16)10-15/h1-5,8,11H,6-7,9-10H2. The summed E-state index contributed by atoms with van der Waals surface area (Å²) in [5.41, 5.74) is 2.71. The summed E-state index contributed by atoms with van der Waals surface area (Å²) in [5, 5.41) is 0. The van der Waals surface area contributed by atoms with Crippen molar-refractivity contribution in [2.45, 2.75) is 19.6 Å². The summed E-state index contributed by atoms with van der Waals surface area (Å²) in [4.78, 5) is 6.65. The van der Waals surface area contributed by atoms with Crippen LogP contribution in [-0.2, 0) is 19.6 Å². The van der Waals surface area contributed by atoms with Gasteiger partial charge in [-0.15, -0.1) is 0 Å². The van der Waals surface area contributed by atoms with Crippen LogP contribution in [0.2, 0.25) is 0 Å². The van der Waals surface area contributed by atoms with E-state index >= 15 is 0 Å². The minimum Gasteiger partial charge on any atom is -0.332 e. The molecular weight excluding hydrogens is 198 g/mol. The topological polar surface area (TPSA) is 21.1 Å². The van der Waals surface area contributed by atoms with Crippen molar-refractivity contribution in [3.05, 3.63) is 54.1 Å². The van der Waals surface area contributed by atoms with E-state index in [1.807, 2.05) is 12.5 Å². The van der Waals surface area contributed by atoms with Crippen LogP contribution in [0.25, 0.3) is 0 Å². The van der Waals surface area contributed by atoms with Crippen molar-refractivity contribution in [3.8, 4) is 0 Å². The van der Waals surface area contributed by atoms with Gasteiger partial charge in [-0.05, 0) is 5.56 Å². The second kappa shape index (κ2) is 4.10. The van der Waals surface area contributed by atoms with Gasteiger partial charge in [0.2, 0.25) is 0 Å². The lowest BCUT2D eigenvalue weighted by Crippen LogP contribution is -2.32. The lowest BCUT2D eigenvalue weighted by Gasteiger charge is -2.27. The molecule has 1 aromatic carbocycles. The number of nitrogens with zero attached hydrogens (tertiary/aromatic N) is 3. The predicted octanol–water partition coefficient (Wildman–Crippen LogP) is 1.90. The summed E-state index contributed by atoms with van der Waals surface area (Å²) < 4.78 is 2.24. The third-order valence-electron chi connectivity index (χ3n) is 3.09. The van der Waals surface area contributed by atoms with Gasteiger partial charge in [-0.2, -0.15) is 0 Å². The average Bonchev–Trinajstić information content (AvgIpc) is 2.77. The Hall–Kier alpha value is -1.61. The second-order valence-electron chi connectivity index (χ2n) is 4.27. The molecule has 16 heavy (non-hydrogen) atoms. The Kier molecular flexibility index (Phi) is 2.46. The third-order valence-corrected chi connectivity index (χ3v) is 3.09. The van der Waals surface area contributed by atoms with Gasteiger partial charge >= 0.3 is 0 Å². The van der Waals surface area contributed by atoms with Crippen molar-refractivity contribution in [3.63, 3.8) is 0 Å². The molecular formula is C13H15N3. The van der Waals surface area contributed by atoms with Crippen molar-refractivity contribution >= 4 is 0 Å². The second-order valence-corrected chi connectivity index (χ2v) is 4.27. The van der Waals surface area contributed by atoms with Gasteiger partial charge in [0.15, 0.2) is 0 Å². The van der Waals surface area contributed by atoms with E-state index in [9.17, 15) is 0 Å². The van der Waals surface area contributed by atoms with Gasteiger partial charge in [-0.3, -0.25) is 4.90 Å². The van der Waals surface area contributed by atoms with Crippen molar-refractivity contribution in [2.75, 3.05) is 6.54 Å². The fraction of sp³-hybridized carbons (Fsp3) is 0.308. The molecule has 0 spiro atoms. The van der Waals surface area contributed by atoms with Gasteiger partial charge in [0.05, 0.1) is 12.0 Å². The van der Waals surface area contributed by atoms with Crippen LogP contribution in [0.1, 0.15) is 11.3 Å². The first-order chi connectivity index (χ1) is 7.92. The molecule has 0 N–H and O–H groups in total. The molecule has 3 rings (SSSR count). The summed E-state index contributed by atoms with van der Waals surface area (Å²) in [6, 6.07) is 10.6. The smallest absolute Gasteiger partial charge is 0.0949 e. The average molecular weight is 213 g/mol. The van der Waals surface area contributed by atoms with Crippen molar-refractivity contribution in [2.24, 2.45) is 0 Å². The zero-order chi connectivity index (χ0) is 10.8. The molecule has 82 valence electrons. The maximum Gasteiger partial charge on any atom is 0.0949 e. The summed E-state index contributed by atoms with van der Waals surface area (Å²) in [6.07, 6.45) is 3.90. The number of benzene rings is 1. The molecule has 0 unspecified atom stereocenters. The molecule has 1 aliphatic rings. The zero-order valence-corrected chi connectivity index (χ0v) is 9.21. The first-order valence-electron chi connectivity index (χ1n) is 5.67. The van der Waals surface area contributed by atoms with E-state index in [1.54, 1.807) is 0 Å². The quantitative estimate of drug-likeness (QED) is 0.759. The van der Waals surface area contributed by atoms with Crippen LogP contribution < -0.4 is 0 Å². The molecule has 0 fully saturated rings. The van der Waals surface area contributed by atoms with Crippen molar-refractivity contribution in [1.82, 2.24) is 14.5 Å². The van der Waals surface area contributed by atoms with Gasteiger partial charge in [0.1, 0.15) is 0 Å². The highest BCUT2D eigenvalue weighted by molar-refractivity contribution is 5.15. The van der Waals surface area contributed by atoms with Crippen molar-refractivity contribution in [1.29, 1.82) is 0 Å². The fourth-order valence-electron chi connectivity index (χ4n) is 2.22. The van der Waals surface area contributed by atoms with Crippen LogP contribution in [0.15, 0.2) is 42.9 Å². The van der Waals surface area contributed by atoms with Gasteiger partial charge in [0, 0.05) is 32.4 Å². The van der Waals surface area contributed by atoms with E-state index in [1.165, 1.54) is 11.3 Å². The van der Waals surface area contributed by atoms with E-state index in [2.05, 4.69) is 44.8 Å². The minimum absolute atomic E-state index is 1.01. The predicted molar refractivity (Wildman–Crippen MR) is 62.8 cm³/mol. The normalized spacial score (nSPS) is 16.0. The molecule has 0 radical (unpaired) electrons. The molecule has 3 heteroatoms. The lowest BCUT2D eigenvalue weighted by molar-refractivity contribution is 0.213. The zero-order valence-electron chi connectivity index (χ0n) is 9.21. The van der Waals surface area contributed by atoms with Gasteiger partial charge < -0.3 is 4.57 Å². The molecule has 0 saturated carbocycles. The molecule has 0 aliphatic carbocycles. The van der Waals surface area contributed by atoms with Crippen molar-refractivity contribution < 1.29 is 0 Å². The maximum atomic E-state index is 4.18. The molecule has 0 amide bonds. The molecule has 0 bridgehead atoms. The highest BCUT2D eigenvalue weighted by Crippen LogP contribution is 2.14. The van der Waals surface area contributed by atoms with Gasteiger partial charge in [-0.25, -0.2) is 4.98 Å². The summed E-state index contributed by atoms with van der Waals surface area (Å²) in [6.45, 7) is 4.21. The number of hydrogen-bond donors (Lipinski definition) is 0. The SMILES string of the molecule is c1ccc(CN2CCn3cncc3C2)cc1. The Balaban J connectivity index is 1.71. The van der Waals surface area contributed by atoms with Crippen LogP contribution in [-0.4, -0.2) is 21.0 Å². The largest absolute Gasteiger partial charge is 0.332 e. The monoisotopic (exact) mass is 213 g/mol. The Labute approximate surface area is 95.3 Å². The third kappa shape index (κ3) is 1.86. The van der Waals surface area contributed by atoms with Crippen LogP contribution in [0.3, 0.4) is 0 Å². The summed E-state index contributed by atoms with van der Waals surface area (Å²) in [5.74, 6) is 0. The highest BCUT2D eigenvalue weighted by atomic mass is 15.2. The maximum absolute atomic E-state index is 4.18. The molecule has 1 aromatic heterocycles. The Morgan fingerprint density at radius 2 is 2.00 bits per heavy atom. The highest BCUT2D eigenvalue weighted by Gasteiger charge is 2.15. The van der Waals surface area contributed by atoms with E-state index in [0.717, 1.165) is 26.2 Å². The molecule has 2 aromatic rings. The summed E-state index contributed by atoms with van der Waals surface area (Å²) >= 11 is 0. The first-order valence-corrected chi connectivity index (χ1v) is 5.67. The lowest BCUT2D eigenvalue weighted by atomic mass is 10.2. The summed E-state index contributed by atoms with van der Waals surface area (Å²) in [7, 11) is 0. The molecule has 3 nitrogen and oxygen atoms in total. The fourth-order valence-corrected chi connectivity index (χ4v) is 2.22.